The van der Waals surface area contributed by atoms with Crippen LogP contribution in [0.2, 0.25) is 5.02 Å². The van der Waals surface area contributed by atoms with E-state index in [2.05, 4.69) is 15.7 Å². The first-order valence-electron chi connectivity index (χ1n) is 5.73. The number of nitrogen functional groups attached to an aromatic ring is 1. The van der Waals surface area contributed by atoms with Crippen molar-refractivity contribution in [2.24, 2.45) is 5.84 Å². The molecule has 0 aliphatic heterocycles. The number of pyridine rings is 1. The molecule has 0 fully saturated rings. The number of anilines is 2. The Labute approximate surface area is 116 Å². The summed E-state index contributed by atoms with van der Waals surface area (Å²) in [6.07, 6.45) is 0. The molecule has 0 aliphatic rings. The Balaban J connectivity index is 2.14. The van der Waals surface area contributed by atoms with Crippen LogP contribution in [0.4, 0.5) is 11.6 Å². The number of hydrogen-bond acceptors (Lipinski definition) is 5. The Kier molecular flexibility index (Phi) is 4.43. The molecule has 0 saturated heterocycles. The molecular formula is C13H15ClN4O. The van der Waals surface area contributed by atoms with Gasteiger partial charge in [-0.1, -0.05) is 23.7 Å². The molecule has 100 valence electrons. The minimum Gasteiger partial charge on any atom is -0.496 e. The van der Waals surface area contributed by atoms with Gasteiger partial charge >= 0.3 is 0 Å². The largest absolute Gasteiger partial charge is 0.496 e. The Morgan fingerprint density at radius 1 is 1.21 bits per heavy atom. The van der Waals surface area contributed by atoms with Gasteiger partial charge in [0.25, 0.3) is 0 Å². The quantitative estimate of drug-likeness (QED) is 0.579. The summed E-state index contributed by atoms with van der Waals surface area (Å²) in [5, 5.41) is 3.83. The molecule has 0 spiro atoms. The highest BCUT2D eigenvalue weighted by atomic mass is 35.5. The van der Waals surface area contributed by atoms with Crippen molar-refractivity contribution in [2.75, 3.05) is 17.9 Å². The highest BCUT2D eigenvalue weighted by Crippen LogP contribution is 2.26. The van der Waals surface area contributed by atoms with Crippen LogP contribution in [-0.2, 0) is 6.54 Å². The summed E-state index contributed by atoms with van der Waals surface area (Å²) in [5.74, 6) is 7.36. The van der Waals surface area contributed by atoms with Gasteiger partial charge in [0.2, 0.25) is 0 Å². The van der Waals surface area contributed by atoms with Crippen molar-refractivity contribution >= 4 is 23.2 Å². The molecular weight excluding hydrogens is 264 g/mol. The lowest BCUT2D eigenvalue weighted by Crippen LogP contribution is -2.10. The number of ether oxygens (including phenoxy) is 1. The third kappa shape index (κ3) is 3.27. The molecule has 0 saturated carbocycles. The van der Waals surface area contributed by atoms with Crippen LogP contribution in [0.3, 0.4) is 0 Å². The lowest BCUT2D eigenvalue weighted by Gasteiger charge is -2.12. The number of halogens is 1. The van der Waals surface area contributed by atoms with Gasteiger partial charge in [0.1, 0.15) is 17.4 Å². The molecule has 0 atom stereocenters. The maximum absolute atomic E-state index is 6.16. The number of nitrogens with one attached hydrogen (secondary N) is 2. The number of benzene rings is 1. The Morgan fingerprint density at radius 2 is 1.95 bits per heavy atom. The van der Waals surface area contributed by atoms with E-state index in [0.29, 0.717) is 23.2 Å². The molecule has 0 amide bonds. The number of nitrogens with zero attached hydrogens (tertiary/aromatic N) is 1. The molecule has 2 rings (SSSR count). The molecule has 1 heterocycles. The summed E-state index contributed by atoms with van der Waals surface area (Å²) < 4.78 is 5.28. The standard InChI is InChI=1S/C13H15ClN4O/c1-19-11-5-2-4-10(14)9(11)8-16-12-6-3-7-13(17-12)18-15/h2-7H,8,15H2,1H3,(H2,16,17,18). The maximum Gasteiger partial charge on any atom is 0.142 e. The van der Waals surface area contributed by atoms with Crippen molar-refractivity contribution < 1.29 is 4.74 Å². The second-order valence-corrected chi connectivity index (χ2v) is 4.23. The molecule has 4 N–H and O–H groups in total. The topological polar surface area (TPSA) is 72.2 Å². The second kappa shape index (κ2) is 6.26. The van der Waals surface area contributed by atoms with E-state index in [1.165, 1.54) is 0 Å². The van der Waals surface area contributed by atoms with E-state index in [9.17, 15) is 0 Å². The highest BCUT2D eigenvalue weighted by molar-refractivity contribution is 6.31. The van der Waals surface area contributed by atoms with Crippen LogP contribution >= 0.6 is 11.6 Å². The molecule has 2 aromatic rings. The van der Waals surface area contributed by atoms with Gasteiger partial charge in [0.15, 0.2) is 0 Å². The first-order chi connectivity index (χ1) is 9.24. The van der Waals surface area contributed by atoms with Crippen molar-refractivity contribution in [2.45, 2.75) is 6.54 Å². The lowest BCUT2D eigenvalue weighted by atomic mass is 10.2. The second-order valence-electron chi connectivity index (χ2n) is 3.83. The first kappa shape index (κ1) is 13.5. The molecule has 0 unspecified atom stereocenters. The SMILES string of the molecule is COc1cccc(Cl)c1CNc1cccc(NN)n1. The highest BCUT2D eigenvalue weighted by Gasteiger charge is 2.07. The first-order valence-corrected chi connectivity index (χ1v) is 6.11. The van der Waals surface area contributed by atoms with Gasteiger partial charge < -0.3 is 15.5 Å². The molecule has 6 heteroatoms. The third-order valence-corrected chi connectivity index (χ3v) is 2.99. The zero-order chi connectivity index (χ0) is 13.7. The van der Waals surface area contributed by atoms with Gasteiger partial charge in [0.05, 0.1) is 7.11 Å². The van der Waals surface area contributed by atoms with Crippen molar-refractivity contribution in [3.05, 3.63) is 47.0 Å². The molecule has 0 bridgehead atoms. The number of aromatic nitrogens is 1. The molecule has 0 radical (unpaired) electrons. The van der Waals surface area contributed by atoms with Crippen LogP contribution in [0.5, 0.6) is 5.75 Å². The normalized spacial score (nSPS) is 10.1. The summed E-state index contributed by atoms with van der Waals surface area (Å²) in [5.41, 5.74) is 3.39. The van der Waals surface area contributed by atoms with E-state index in [1.807, 2.05) is 30.3 Å². The predicted molar refractivity (Wildman–Crippen MR) is 77.4 cm³/mol. The van der Waals surface area contributed by atoms with Crippen LogP contribution in [0.25, 0.3) is 0 Å². The maximum atomic E-state index is 6.16. The minimum atomic E-state index is 0.518. The minimum absolute atomic E-state index is 0.518. The van der Waals surface area contributed by atoms with Crippen LogP contribution in [-0.4, -0.2) is 12.1 Å². The molecule has 0 aliphatic carbocycles. The fourth-order valence-corrected chi connectivity index (χ4v) is 1.93. The molecule has 1 aromatic heterocycles. The summed E-state index contributed by atoms with van der Waals surface area (Å²) in [7, 11) is 1.62. The van der Waals surface area contributed by atoms with Gasteiger partial charge in [0, 0.05) is 17.1 Å². The summed E-state index contributed by atoms with van der Waals surface area (Å²) >= 11 is 6.16. The number of rotatable bonds is 5. The van der Waals surface area contributed by atoms with Crippen molar-refractivity contribution in [1.82, 2.24) is 4.98 Å². The van der Waals surface area contributed by atoms with E-state index >= 15 is 0 Å². The van der Waals surface area contributed by atoms with Gasteiger partial charge in [-0.05, 0) is 24.3 Å². The fraction of sp³-hybridized carbons (Fsp3) is 0.154. The van der Waals surface area contributed by atoms with E-state index in [-0.39, 0.29) is 0 Å². The van der Waals surface area contributed by atoms with E-state index in [4.69, 9.17) is 22.2 Å². The van der Waals surface area contributed by atoms with Gasteiger partial charge in [-0.25, -0.2) is 10.8 Å². The molecule has 1 aromatic carbocycles. The summed E-state index contributed by atoms with van der Waals surface area (Å²) in [6, 6.07) is 11.0. The van der Waals surface area contributed by atoms with Gasteiger partial charge in [-0.15, -0.1) is 0 Å². The number of hydrazine groups is 1. The zero-order valence-electron chi connectivity index (χ0n) is 10.5. The van der Waals surface area contributed by atoms with E-state index < -0.39 is 0 Å². The molecule has 19 heavy (non-hydrogen) atoms. The number of hydrogen-bond donors (Lipinski definition) is 3. The average Bonchev–Trinajstić information content (AvgIpc) is 2.46. The Morgan fingerprint density at radius 3 is 2.68 bits per heavy atom. The smallest absolute Gasteiger partial charge is 0.142 e. The average molecular weight is 279 g/mol. The van der Waals surface area contributed by atoms with Crippen molar-refractivity contribution in [3.63, 3.8) is 0 Å². The van der Waals surface area contributed by atoms with Crippen LogP contribution in [0.1, 0.15) is 5.56 Å². The third-order valence-electron chi connectivity index (χ3n) is 2.64. The van der Waals surface area contributed by atoms with Gasteiger partial charge in [-0.2, -0.15) is 0 Å². The Bertz CT molecular complexity index is 562. The Hall–Kier alpha value is -1.98. The van der Waals surface area contributed by atoms with E-state index in [0.717, 1.165) is 11.3 Å². The van der Waals surface area contributed by atoms with Crippen molar-refractivity contribution in [3.8, 4) is 5.75 Å². The van der Waals surface area contributed by atoms with Crippen LogP contribution in [0.15, 0.2) is 36.4 Å². The van der Waals surface area contributed by atoms with Crippen LogP contribution in [0, 0.1) is 0 Å². The number of methoxy groups -OCH3 is 1. The van der Waals surface area contributed by atoms with Gasteiger partial charge in [-0.3, -0.25) is 0 Å². The number of nitrogens with two attached hydrogens (primary N) is 1. The fourth-order valence-electron chi connectivity index (χ4n) is 1.69. The monoisotopic (exact) mass is 278 g/mol. The van der Waals surface area contributed by atoms with E-state index in [1.54, 1.807) is 13.2 Å². The lowest BCUT2D eigenvalue weighted by molar-refractivity contribution is 0.410. The summed E-state index contributed by atoms with van der Waals surface area (Å²) in [4.78, 5) is 4.26. The predicted octanol–water partition coefficient (Wildman–Crippen LogP) is 2.64. The summed E-state index contributed by atoms with van der Waals surface area (Å²) in [6.45, 7) is 0.518. The zero-order valence-corrected chi connectivity index (χ0v) is 11.2. The molecule has 5 nitrogen and oxygen atoms in total. The van der Waals surface area contributed by atoms with Crippen molar-refractivity contribution in [1.29, 1.82) is 0 Å². The van der Waals surface area contributed by atoms with Crippen LogP contribution < -0.4 is 21.3 Å².